The molecule has 19 heavy (non-hydrogen) atoms. The highest BCUT2D eigenvalue weighted by Gasteiger charge is 2.34. The van der Waals surface area contributed by atoms with Crippen LogP contribution >= 0.6 is 0 Å². The third-order valence-electron chi connectivity index (χ3n) is 3.23. The molecular formula is C13H15FN2O3. The van der Waals surface area contributed by atoms with Gasteiger partial charge >= 0.3 is 5.97 Å². The lowest BCUT2D eigenvalue weighted by Crippen LogP contribution is -2.40. The van der Waals surface area contributed by atoms with Crippen LogP contribution in [0.3, 0.4) is 0 Å². The first kappa shape index (κ1) is 13.3. The van der Waals surface area contributed by atoms with E-state index in [0.717, 1.165) is 6.07 Å². The summed E-state index contributed by atoms with van der Waals surface area (Å²) in [4.78, 5) is 24.6. The summed E-state index contributed by atoms with van der Waals surface area (Å²) < 4.78 is 13.4. The molecule has 1 atom stereocenters. The second-order valence-corrected chi connectivity index (χ2v) is 4.47. The molecule has 1 aliphatic rings. The molecule has 1 unspecified atom stereocenters. The van der Waals surface area contributed by atoms with Crippen LogP contribution in [0, 0.1) is 5.82 Å². The van der Waals surface area contributed by atoms with E-state index >= 15 is 0 Å². The summed E-state index contributed by atoms with van der Waals surface area (Å²) in [5, 5.41) is 11.8. The number of amides is 1. The Kier molecular flexibility index (Phi) is 3.69. The minimum absolute atomic E-state index is 0.164. The molecule has 1 amide bonds. The van der Waals surface area contributed by atoms with Crippen molar-refractivity contribution in [3.8, 4) is 0 Å². The van der Waals surface area contributed by atoms with Crippen molar-refractivity contribution < 1.29 is 19.1 Å². The summed E-state index contributed by atoms with van der Waals surface area (Å²) in [6.45, 7) is 0.390. The van der Waals surface area contributed by atoms with Gasteiger partial charge in [0.1, 0.15) is 11.9 Å². The third-order valence-corrected chi connectivity index (χ3v) is 3.23. The fourth-order valence-electron chi connectivity index (χ4n) is 2.29. The van der Waals surface area contributed by atoms with Gasteiger partial charge in [-0.05, 0) is 31.0 Å². The zero-order valence-corrected chi connectivity index (χ0v) is 10.5. The molecule has 1 aromatic rings. The Balaban J connectivity index is 2.28. The van der Waals surface area contributed by atoms with E-state index in [4.69, 9.17) is 5.11 Å². The van der Waals surface area contributed by atoms with Crippen molar-refractivity contribution in [3.05, 3.63) is 29.6 Å². The molecule has 1 heterocycles. The Bertz CT molecular complexity index is 519. The van der Waals surface area contributed by atoms with Crippen molar-refractivity contribution in [2.45, 2.75) is 18.9 Å². The maximum absolute atomic E-state index is 13.4. The van der Waals surface area contributed by atoms with Crippen LogP contribution in [0.2, 0.25) is 0 Å². The molecule has 2 rings (SSSR count). The molecule has 0 spiro atoms. The third kappa shape index (κ3) is 2.67. The molecule has 6 heteroatoms. The second-order valence-electron chi connectivity index (χ2n) is 4.47. The number of nitrogens with one attached hydrogen (secondary N) is 1. The quantitative estimate of drug-likeness (QED) is 0.871. The van der Waals surface area contributed by atoms with Gasteiger partial charge in [0, 0.05) is 24.8 Å². The lowest BCUT2D eigenvalue weighted by atomic mass is 10.1. The predicted octanol–water partition coefficient (Wildman–Crippen LogP) is 1.56. The van der Waals surface area contributed by atoms with Crippen LogP contribution in [-0.4, -0.2) is 41.5 Å². The average Bonchev–Trinajstić information content (AvgIpc) is 2.86. The molecular weight excluding hydrogens is 251 g/mol. The summed E-state index contributed by atoms with van der Waals surface area (Å²) >= 11 is 0. The number of carbonyl (C=O) groups excluding carboxylic acids is 1. The Labute approximate surface area is 110 Å². The molecule has 1 saturated heterocycles. The fourth-order valence-corrected chi connectivity index (χ4v) is 2.29. The molecule has 0 radical (unpaired) electrons. The van der Waals surface area contributed by atoms with Crippen molar-refractivity contribution >= 4 is 17.6 Å². The van der Waals surface area contributed by atoms with Gasteiger partial charge in [-0.25, -0.2) is 9.18 Å². The summed E-state index contributed by atoms with van der Waals surface area (Å²) in [5.41, 5.74) is 0.645. The van der Waals surface area contributed by atoms with E-state index in [-0.39, 0.29) is 5.56 Å². The molecule has 1 fully saturated rings. The molecule has 102 valence electrons. The normalized spacial score (nSPS) is 18.4. The smallest absolute Gasteiger partial charge is 0.326 e. The number of benzene rings is 1. The SMILES string of the molecule is CNc1cc(F)cc(C(=O)N2CCCC2C(=O)O)c1. The number of anilines is 1. The van der Waals surface area contributed by atoms with Crippen LogP contribution in [0.5, 0.6) is 0 Å². The summed E-state index contributed by atoms with van der Waals surface area (Å²) in [7, 11) is 1.62. The van der Waals surface area contributed by atoms with Gasteiger partial charge in [0.2, 0.25) is 0 Å². The zero-order chi connectivity index (χ0) is 14.0. The Morgan fingerprint density at radius 2 is 2.16 bits per heavy atom. The van der Waals surface area contributed by atoms with Gasteiger partial charge in [-0.1, -0.05) is 0 Å². The van der Waals surface area contributed by atoms with Gasteiger partial charge in [-0.2, -0.15) is 0 Å². The highest BCUT2D eigenvalue weighted by molar-refractivity contribution is 5.97. The number of hydrogen-bond donors (Lipinski definition) is 2. The number of likely N-dealkylation sites (tertiary alicyclic amines) is 1. The first-order chi connectivity index (χ1) is 9.02. The zero-order valence-electron chi connectivity index (χ0n) is 10.5. The van der Waals surface area contributed by atoms with E-state index in [0.29, 0.717) is 25.1 Å². The molecule has 2 N–H and O–H groups in total. The average molecular weight is 266 g/mol. The van der Waals surface area contributed by atoms with Gasteiger partial charge in [0.15, 0.2) is 0 Å². The molecule has 0 saturated carbocycles. The summed E-state index contributed by atoms with van der Waals surface area (Å²) in [6, 6.07) is 3.10. The van der Waals surface area contributed by atoms with Crippen LogP contribution in [0.25, 0.3) is 0 Å². The largest absolute Gasteiger partial charge is 0.480 e. The Hall–Kier alpha value is -2.11. The van der Waals surface area contributed by atoms with Crippen LogP contribution in [-0.2, 0) is 4.79 Å². The van der Waals surface area contributed by atoms with Crippen LogP contribution in [0.4, 0.5) is 10.1 Å². The Morgan fingerprint density at radius 1 is 1.42 bits per heavy atom. The van der Waals surface area contributed by atoms with E-state index in [2.05, 4.69) is 5.32 Å². The predicted molar refractivity (Wildman–Crippen MR) is 67.6 cm³/mol. The number of carboxylic acids is 1. The maximum atomic E-state index is 13.4. The maximum Gasteiger partial charge on any atom is 0.326 e. The van der Waals surface area contributed by atoms with E-state index in [9.17, 15) is 14.0 Å². The molecule has 0 bridgehead atoms. The highest BCUT2D eigenvalue weighted by atomic mass is 19.1. The number of halogens is 1. The number of hydrogen-bond acceptors (Lipinski definition) is 3. The second kappa shape index (κ2) is 5.26. The van der Waals surface area contributed by atoms with E-state index in [1.54, 1.807) is 7.05 Å². The Morgan fingerprint density at radius 3 is 2.79 bits per heavy atom. The lowest BCUT2D eigenvalue weighted by Gasteiger charge is -2.21. The van der Waals surface area contributed by atoms with Crippen molar-refractivity contribution in [3.63, 3.8) is 0 Å². The molecule has 0 aromatic heterocycles. The first-order valence-electron chi connectivity index (χ1n) is 6.05. The monoisotopic (exact) mass is 266 g/mol. The number of aliphatic carboxylic acids is 1. The molecule has 5 nitrogen and oxygen atoms in total. The summed E-state index contributed by atoms with van der Waals surface area (Å²) in [5.74, 6) is -1.99. The van der Waals surface area contributed by atoms with Gasteiger partial charge in [0.05, 0.1) is 0 Å². The van der Waals surface area contributed by atoms with E-state index in [1.807, 2.05) is 0 Å². The van der Waals surface area contributed by atoms with Gasteiger partial charge in [-0.15, -0.1) is 0 Å². The fraction of sp³-hybridized carbons (Fsp3) is 0.385. The van der Waals surface area contributed by atoms with Crippen molar-refractivity contribution in [2.24, 2.45) is 0 Å². The van der Waals surface area contributed by atoms with Crippen LogP contribution in [0.15, 0.2) is 18.2 Å². The van der Waals surface area contributed by atoms with Crippen molar-refractivity contribution in [2.75, 3.05) is 18.9 Å². The van der Waals surface area contributed by atoms with Gasteiger partial charge in [-0.3, -0.25) is 4.79 Å². The minimum Gasteiger partial charge on any atom is -0.480 e. The minimum atomic E-state index is -1.02. The standard InChI is InChI=1S/C13H15FN2O3/c1-15-10-6-8(5-9(14)7-10)12(17)16-4-2-3-11(16)13(18)19/h5-7,11,15H,2-4H2,1H3,(H,18,19). The number of nitrogens with zero attached hydrogens (tertiary/aromatic N) is 1. The number of carboxylic acid groups (broad SMARTS) is 1. The molecule has 1 aromatic carbocycles. The summed E-state index contributed by atoms with van der Waals surface area (Å²) in [6.07, 6.45) is 1.09. The number of rotatable bonds is 3. The van der Waals surface area contributed by atoms with E-state index < -0.39 is 23.7 Å². The topological polar surface area (TPSA) is 69.6 Å². The van der Waals surface area contributed by atoms with Crippen molar-refractivity contribution in [1.29, 1.82) is 0 Å². The molecule has 0 aliphatic carbocycles. The van der Waals surface area contributed by atoms with Crippen LogP contribution < -0.4 is 5.32 Å². The lowest BCUT2D eigenvalue weighted by molar-refractivity contribution is -0.141. The van der Waals surface area contributed by atoms with Gasteiger partial charge < -0.3 is 15.3 Å². The number of carbonyl (C=O) groups is 2. The molecule has 1 aliphatic heterocycles. The highest BCUT2D eigenvalue weighted by Crippen LogP contribution is 2.22. The van der Waals surface area contributed by atoms with Crippen LogP contribution in [0.1, 0.15) is 23.2 Å². The van der Waals surface area contributed by atoms with E-state index in [1.165, 1.54) is 17.0 Å². The van der Waals surface area contributed by atoms with Gasteiger partial charge in [0.25, 0.3) is 5.91 Å². The first-order valence-corrected chi connectivity index (χ1v) is 6.05. The van der Waals surface area contributed by atoms with Crippen molar-refractivity contribution in [1.82, 2.24) is 4.90 Å².